The summed E-state index contributed by atoms with van der Waals surface area (Å²) in [7, 11) is -0.944. The van der Waals surface area contributed by atoms with E-state index in [0.29, 0.717) is 30.0 Å². The van der Waals surface area contributed by atoms with Gasteiger partial charge in [0.2, 0.25) is 0 Å². The van der Waals surface area contributed by atoms with E-state index in [0.717, 1.165) is 6.42 Å². The Morgan fingerprint density at radius 3 is 2.65 bits per heavy atom. The lowest BCUT2D eigenvalue weighted by Gasteiger charge is -2.03. The van der Waals surface area contributed by atoms with Crippen molar-refractivity contribution in [1.29, 1.82) is 0 Å². The Labute approximate surface area is 103 Å². The molecule has 17 heavy (non-hydrogen) atoms. The highest BCUT2D eigenvalue weighted by atomic mass is 32.2. The van der Waals surface area contributed by atoms with Crippen LogP contribution in [0, 0.1) is 10.1 Å². The predicted molar refractivity (Wildman–Crippen MR) is 68.3 cm³/mol. The Balaban J connectivity index is 2.57. The van der Waals surface area contributed by atoms with Gasteiger partial charge < -0.3 is 5.73 Å². The van der Waals surface area contributed by atoms with Crippen molar-refractivity contribution in [2.75, 3.05) is 18.1 Å². The number of nitro benzene ring substituents is 1. The first kappa shape index (κ1) is 13.8. The molecule has 0 fully saturated rings. The Bertz CT molecular complexity index is 409. The Kier molecular flexibility index (Phi) is 5.79. The summed E-state index contributed by atoms with van der Waals surface area (Å²) in [4.78, 5) is 10.3. The van der Waals surface area contributed by atoms with Crippen molar-refractivity contribution < 1.29 is 9.13 Å². The van der Waals surface area contributed by atoms with E-state index in [1.54, 1.807) is 18.2 Å². The zero-order valence-corrected chi connectivity index (χ0v) is 10.3. The summed E-state index contributed by atoms with van der Waals surface area (Å²) >= 11 is 0. The second-order valence-corrected chi connectivity index (χ2v) is 5.32. The molecule has 0 aliphatic heterocycles. The second-order valence-electron chi connectivity index (χ2n) is 3.63. The molecule has 5 nitrogen and oxygen atoms in total. The molecule has 0 aliphatic rings. The summed E-state index contributed by atoms with van der Waals surface area (Å²) in [6.07, 6.45) is 1.19. The number of nitrogens with two attached hydrogens (primary N) is 1. The number of nitro groups is 1. The van der Waals surface area contributed by atoms with Gasteiger partial charge in [0.05, 0.1) is 4.92 Å². The molecule has 0 aromatic heterocycles. The highest BCUT2D eigenvalue weighted by Crippen LogP contribution is 2.18. The molecule has 1 aromatic carbocycles. The molecule has 0 amide bonds. The smallest absolute Gasteiger partial charge is 0.272 e. The van der Waals surface area contributed by atoms with E-state index in [1.165, 1.54) is 6.07 Å². The molecule has 1 unspecified atom stereocenters. The van der Waals surface area contributed by atoms with Gasteiger partial charge in [0.15, 0.2) is 0 Å². The lowest BCUT2D eigenvalue weighted by molar-refractivity contribution is -0.385. The largest absolute Gasteiger partial charge is 0.330 e. The maximum Gasteiger partial charge on any atom is 0.272 e. The molecule has 0 bridgehead atoms. The Morgan fingerprint density at radius 2 is 2.00 bits per heavy atom. The first-order valence-corrected chi connectivity index (χ1v) is 6.91. The van der Waals surface area contributed by atoms with E-state index in [9.17, 15) is 14.3 Å². The fourth-order valence-electron chi connectivity index (χ4n) is 1.47. The summed E-state index contributed by atoms with van der Waals surface area (Å²) in [6, 6.07) is 6.56. The maximum atomic E-state index is 11.5. The van der Waals surface area contributed by atoms with Crippen LogP contribution in [-0.2, 0) is 17.2 Å². The van der Waals surface area contributed by atoms with Crippen molar-refractivity contribution in [3.63, 3.8) is 0 Å². The van der Waals surface area contributed by atoms with Crippen molar-refractivity contribution in [2.45, 2.75) is 12.8 Å². The first-order valence-electron chi connectivity index (χ1n) is 5.42. The van der Waals surface area contributed by atoms with E-state index in [2.05, 4.69) is 0 Å². The summed E-state index contributed by atoms with van der Waals surface area (Å²) in [5.74, 6) is 1.02. The molecule has 0 aliphatic carbocycles. The molecule has 94 valence electrons. The third-order valence-electron chi connectivity index (χ3n) is 2.36. The van der Waals surface area contributed by atoms with Gasteiger partial charge in [0.1, 0.15) is 0 Å². The van der Waals surface area contributed by atoms with Crippen LogP contribution in [0.5, 0.6) is 0 Å². The van der Waals surface area contributed by atoms with Gasteiger partial charge in [-0.05, 0) is 19.4 Å². The van der Waals surface area contributed by atoms with Gasteiger partial charge in [-0.25, -0.2) is 0 Å². The van der Waals surface area contributed by atoms with Crippen molar-refractivity contribution in [1.82, 2.24) is 0 Å². The number of hydrogen-bond donors (Lipinski definition) is 1. The van der Waals surface area contributed by atoms with Crippen LogP contribution >= 0.6 is 0 Å². The zero-order valence-electron chi connectivity index (χ0n) is 9.50. The predicted octanol–water partition coefficient (Wildman–Crippen LogP) is 1.23. The van der Waals surface area contributed by atoms with Crippen LogP contribution in [0.4, 0.5) is 5.69 Å². The van der Waals surface area contributed by atoms with Crippen LogP contribution in [0.2, 0.25) is 0 Å². The van der Waals surface area contributed by atoms with Crippen molar-refractivity contribution >= 4 is 16.5 Å². The van der Waals surface area contributed by atoms with Gasteiger partial charge >= 0.3 is 0 Å². The minimum absolute atomic E-state index is 0.100. The van der Waals surface area contributed by atoms with E-state index in [4.69, 9.17) is 5.73 Å². The molecule has 0 saturated heterocycles. The van der Waals surface area contributed by atoms with Crippen LogP contribution < -0.4 is 5.73 Å². The minimum atomic E-state index is -0.944. The number of hydrogen-bond acceptors (Lipinski definition) is 4. The van der Waals surface area contributed by atoms with E-state index in [1.807, 2.05) is 0 Å². The average molecular weight is 256 g/mol. The number of aryl methyl sites for hydroxylation is 1. The van der Waals surface area contributed by atoms with Gasteiger partial charge in [0, 0.05) is 33.9 Å². The first-order chi connectivity index (χ1) is 8.15. The molecular formula is C11H16N2O3S. The van der Waals surface area contributed by atoms with Crippen LogP contribution in [-0.4, -0.2) is 27.2 Å². The molecule has 1 rings (SSSR count). The molecule has 6 heteroatoms. The molecule has 0 spiro atoms. The maximum absolute atomic E-state index is 11.5. The Hall–Kier alpha value is -1.27. The number of rotatable bonds is 7. The second kappa shape index (κ2) is 7.13. The minimum Gasteiger partial charge on any atom is -0.330 e. The van der Waals surface area contributed by atoms with Crippen LogP contribution in [0.3, 0.4) is 0 Å². The number of para-hydroxylation sites is 1. The molecule has 0 radical (unpaired) electrons. The van der Waals surface area contributed by atoms with Crippen LogP contribution in [0.15, 0.2) is 24.3 Å². The zero-order chi connectivity index (χ0) is 12.7. The summed E-state index contributed by atoms with van der Waals surface area (Å²) in [6.45, 7) is 0.525. The fraction of sp³-hybridized carbons (Fsp3) is 0.455. The number of nitrogens with zero attached hydrogens (tertiary/aromatic N) is 1. The normalized spacial score (nSPS) is 12.3. The lowest BCUT2D eigenvalue weighted by Crippen LogP contribution is -2.10. The molecule has 2 N–H and O–H groups in total. The summed E-state index contributed by atoms with van der Waals surface area (Å²) in [5, 5.41) is 10.8. The van der Waals surface area contributed by atoms with Crippen molar-refractivity contribution in [3.05, 3.63) is 39.9 Å². The highest BCUT2D eigenvalue weighted by molar-refractivity contribution is 7.84. The van der Waals surface area contributed by atoms with Crippen molar-refractivity contribution in [2.24, 2.45) is 5.73 Å². The summed E-state index contributed by atoms with van der Waals surface area (Å²) < 4.78 is 11.5. The van der Waals surface area contributed by atoms with Crippen LogP contribution in [0.1, 0.15) is 12.0 Å². The summed E-state index contributed by atoms with van der Waals surface area (Å²) in [5.41, 5.74) is 6.06. The van der Waals surface area contributed by atoms with Gasteiger partial charge in [-0.1, -0.05) is 18.2 Å². The quantitative estimate of drug-likeness (QED) is 0.587. The standard InChI is InChI=1S/C11H16N2O3S/c12-7-3-8-17(16)9-6-10-4-1-2-5-11(10)13(14)15/h1-2,4-5H,3,6-9,12H2. The molecular weight excluding hydrogens is 240 g/mol. The lowest BCUT2D eigenvalue weighted by atomic mass is 10.1. The van der Waals surface area contributed by atoms with Gasteiger partial charge in [0.25, 0.3) is 5.69 Å². The topological polar surface area (TPSA) is 86.2 Å². The third-order valence-corrected chi connectivity index (χ3v) is 3.77. The average Bonchev–Trinajstić information content (AvgIpc) is 2.34. The van der Waals surface area contributed by atoms with Gasteiger partial charge in [-0.3, -0.25) is 14.3 Å². The third kappa shape index (κ3) is 4.62. The fourth-order valence-corrected chi connectivity index (χ4v) is 2.61. The number of benzene rings is 1. The van der Waals surface area contributed by atoms with E-state index in [-0.39, 0.29) is 5.69 Å². The monoisotopic (exact) mass is 256 g/mol. The van der Waals surface area contributed by atoms with Gasteiger partial charge in [-0.15, -0.1) is 0 Å². The highest BCUT2D eigenvalue weighted by Gasteiger charge is 2.12. The van der Waals surface area contributed by atoms with Gasteiger partial charge in [-0.2, -0.15) is 0 Å². The SMILES string of the molecule is NCCCS(=O)CCc1ccccc1[N+](=O)[O-]. The molecule has 1 atom stereocenters. The Morgan fingerprint density at radius 1 is 1.29 bits per heavy atom. The van der Waals surface area contributed by atoms with E-state index < -0.39 is 15.7 Å². The molecule has 0 heterocycles. The molecule has 0 saturated carbocycles. The van der Waals surface area contributed by atoms with Crippen molar-refractivity contribution in [3.8, 4) is 0 Å². The van der Waals surface area contributed by atoms with Crippen LogP contribution in [0.25, 0.3) is 0 Å². The molecule has 1 aromatic rings. The van der Waals surface area contributed by atoms with E-state index >= 15 is 0 Å².